The SMILES string of the molecule is CCSc1ccc(CC(O)CN)cc1. The molecule has 2 nitrogen and oxygen atoms in total. The minimum atomic E-state index is -0.417. The fourth-order valence-electron chi connectivity index (χ4n) is 1.24. The van der Waals surface area contributed by atoms with Gasteiger partial charge < -0.3 is 10.8 Å². The van der Waals surface area contributed by atoms with Crippen molar-refractivity contribution in [1.82, 2.24) is 0 Å². The van der Waals surface area contributed by atoms with Crippen LogP contribution in [0.3, 0.4) is 0 Å². The number of hydrogen-bond donors (Lipinski definition) is 2. The smallest absolute Gasteiger partial charge is 0.0702 e. The average molecular weight is 211 g/mol. The molecule has 0 aliphatic heterocycles. The van der Waals surface area contributed by atoms with Crippen LogP contribution in [-0.4, -0.2) is 23.5 Å². The van der Waals surface area contributed by atoms with Crippen molar-refractivity contribution in [2.75, 3.05) is 12.3 Å². The zero-order chi connectivity index (χ0) is 10.4. The van der Waals surface area contributed by atoms with E-state index in [4.69, 9.17) is 5.73 Å². The lowest BCUT2D eigenvalue weighted by atomic mass is 10.1. The van der Waals surface area contributed by atoms with Crippen molar-refractivity contribution in [3.63, 3.8) is 0 Å². The Bertz CT molecular complexity index is 260. The molecule has 0 aliphatic rings. The van der Waals surface area contributed by atoms with Crippen LogP contribution in [0.25, 0.3) is 0 Å². The van der Waals surface area contributed by atoms with E-state index in [1.807, 2.05) is 11.8 Å². The molecule has 0 saturated heterocycles. The van der Waals surface area contributed by atoms with Crippen molar-refractivity contribution >= 4 is 11.8 Å². The van der Waals surface area contributed by atoms with Crippen molar-refractivity contribution in [3.8, 4) is 0 Å². The van der Waals surface area contributed by atoms with E-state index in [0.717, 1.165) is 11.3 Å². The second kappa shape index (κ2) is 6.06. The zero-order valence-corrected chi connectivity index (χ0v) is 9.26. The molecule has 1 atom stereocenters. The molecule has 1 aromatic rings. The molecule has 1 rings (SSSR count). The summed E-state index contributed by atoms with van der Waals surface area (Å²) in [5, 5.41) is 9.35. The molecule has 1 aromatic carbocycles. The van der Waals surface area contributed by atoms with Gasteiger partial charge in [-0.15, -0.1) is 11.8 Å². The van der Waals surface area contributed by atoms with Gasteiger partial charge in [0.15, 0.2) is 0 Å². The van der Waals surface area contributed by atoms with Crippen LogP contribution in [0, 0.1) is 0 Å². The summed E-state index contributed by atoms with van der Waals surface area (Å²) in [5.41, 5.74) is 6.49. The van der Waals surface area contributed by atoms with Gasteiger partial charge in [0.05, 0.1) is 6.10 Å². The molecule has 0 radical (unpaired) electrons. The molecule has 0 aromatic heterocycles. The zero-order valence-electron chi connectivity index (χ0n) is 8.44. The van der Waals surface area contributed by atoms with Gasteiger partial charge in [0.2, 0.25) is 0 Å². The minimum Gasteiger partial charge on any atom is -0.391 e. The van der Waals surface area contributed by atoms with Gasteiger partial charge in [-0.2, -0.15) is 0 Å². The van der Waals surface area contributed by atoms with Gasteiger partial charge in [-0.05, 0) is 29.9 Å². The van der Waals surface area contributed by atoms with Gasteiger partial charge in [-0.1, -0.05) is 19.1 Å². The lowest BCUT2D eigenvalue weighted by Crippen LogP contribution is -2.21. The highest BCUT2D eigenvalue weighted by molar-refractivity contribution is 7.99. The second-order valence-electron chi connectivity index (χ2n) is 3.17. The van der Waals surface area contributed by atoms with Crippen molar-refractivity contribution in [2.45, 2.75) is 24.3 Å². The number of hydrogen-bond acceptors (Lipinski definition) is 3. The molecular weight excluding hydrogens is 194 g/mol. The molecule has 3 heteroatoms. The quantitative estimate of drug-likeness (QED) is 0.728. The molecule has 0 bridgehead atoms. The van der Waals surface area contributed by atoms with E-state index in [-0.39, 0.29) is 0 Å². The summed E-state index contributed by atoms with van der Waals surface area (Å²) in [4.78, 5) is 1.28. The standard InChI is InChI=1S/C11H17NOS/c1-2-14-11-5-3-9(4-6-11)7-10(13)8-12/h3-6,10,13H,2,7-8,12H2,1H3. The fraction of sp³-hybridized carbons (Fsp3) is 0.455. The van der Waals surface area contributed by atoms with E-state index < -0.39 is 6.10 Å². The molecule has 0 aliphatic carbocycles. The van der Waals surface area contributed by atoms with Crippen LogP contribution >= 0.6 is 11.8 Å². The van der Waals surface area contributed by atoms with Crippen molar-refractivity contribution in [2.24, 2.45) is 5.73 Å². The number of rotatable bonds is 5. The molecule has 0 spiro atoms. The maximum absolute atomic E-state index is 9.35. The maximum atomic E-state index is 9.35. The lowest BCUT2D eigenvalue weighted by Gasteiger charge is -2.07. The molecule has 0 saturated carbocycles. The van der Waals surface area contributed by atoms with Gasteiger partial charge in [0.1, 0.15) is 0 Å². The first-order valence-electron chi connectivity index (χ1n) is 4.86. The number of aliphatic hydroxyl groups is 1. The van der Waals surface area contributed by atoms with Crippen LogP contribution in [-0.2, 0) is 6.42 Å². The summed E-state index contributed by atoms with van der Waals surface area (Å²) < 4.78 is 0. The molecule has 0 fully saturated rings. The second-order valence-corrected chi connectivity index (χ2v) is 4.51. The number of nitrogens with two attached hydrogens (primary N) is 1. The summed E-state index contributed by atoms with van der Waals surface area (Å²) in [5.74, 6) is 1.09. The average Bonchev–Trinajstić information content (AvgIpc) is 2.21. The van der Waals surface area contributed by atoms with E-state index in [9.17, 15) is 5.11 Å². The highest BCUT2D eigenvalue weighted by Gasteiger charge is 2.02. The third-order valence-electron chi connectivity index (χ3n) is 1.98. The molecule has 0 amide bonds. The minimum absolute atomic E-state index is 0.325. The largest absolute Gasteiger partial charge is 0.391 e. The molecule has 78 valence electrons. The van der Waals surface area contributed by atoms with Gasteiger partial charge in [-0.3, -0.25) is 0 Å². The van der Waals surface area contributed by atoms with Crippen LogP contribution in [0.2, 0.25) is 0 Å². The fourth-order valence-corrected chi connectivity index (χ4v) is 1.91. The lowest BCUT2D eigenvalue weighted by molar-refractivity contribution is 0.183. The Kier molecular flexibility index (Phi) is 5.01. The van der Waals surface area contributed by atoms with E-state index in [1.165, 1.54) is 4.90 Å². The number of benzene rings is 1. The monoisotopic (exact) mass is 211 g/mol. The normalized spacial score (nSPS) is 12.8. The van der Waals surface area contributed by atoms with Crippen molar-refractivity contribution < 1.29 is 5.11 Å². The summed E-state index contributed by atoms with van der Waals surface area (Å²) in [6.45, 7) is 2.46. The van der Waals surface area contributed by atoms with E-state index in [1.54, 1.807) is 0 Å². The first kappa shape index (κ1) is 11.6. The third-order valence-corrected chi connectivity index (χ3v) is 2.87. The number of aliphatic hydroxyl groups excluding tert-OH is 1. The predicted octanol–water partition coefficient (Wildman–Crippen LogP) is 1.66. The summed E-state index contributed by atoms with van der Waals surface area (Å²) in [7, 11) is 0. The Morgan fingerprint density at radius 1 is 1.36 bits per heavy atom. The Hall–Kier alpha value is -0.510. The number of thioether (sulfide) groups is 1. The highest BCUT2D eigenvalue weighted by atomic mass is 32.2. The maximum Gasteiger partial charge on any atom is 0.0702 e. The molecule has 3 N–H and O–H groups in total. The van der Waals surface area contributed by atoms with E-state index in [0.29, 0.717) is 13.0 Å². The topological polar surface area (TPSA) is 46.2 Å². The van der Waals surface area contributed by atoms with Crippen molar-refractivity contribution in [3.05, 3.63) is 29.8 Å². The summed E-state index contributed by atoms with van der Waals surface area (Å²) in [6, 6.07) is 8.28. The predicted molar refractivity (Wildman–Crippen MR) is 61.6 cm³/mol. The molecular formula is C11H17NOS. The van der Waals surface area contributed by atoms with Crippen LogP contribution in [0.1, 0.15) is 12.5 Å². The summed E-state index contributed by atoms with van der Waals surface area (Å²) >= 11 is 1.82. The van der Waals surface area contributed by atoms with Gasteiger partial charge >= 0.3 is 0 Å². The van der Waals surface area contributed by atoms with Gasteiger partial charge in [-0.25, -0.2) is 0 Å². The third kappa shape index (κ3) is 3.70. The Morgan fingerprint density at radius 3 is 2.50 bits per heavy atom. The van der Waals surface area contributed by atoms with E-state index >= 15 is 0 Å². The molecule has 14 heavy (non-hydrogen) atoms. The highest BCUT2D eigenvalue weighted by Crippen LogP contribution is 2.18. The Labute approximate surface area is 89.5 Å². The van der Waals surface area contributed by atoms with Gasteiger partial charge in [0, 0.05) is 11.4 Å². The first-order chi connectivity index (χ1) is 6.76. The molecule has 1 unspecified atom stereocenters. The Balaban J connectivity index is 2.54. The van der Waals surface area contributed by atoms with Crippen LogP contribution in [0.4, 0.5) is 0 Å². The van der Waals surface area contributed by atoms with Crippen molar-refractivity contribution in [1.29, 1.82) is 0 Å². The first-order valence-corrected chi connectivity index (χ1v) is 5.84. The van der Waals surface area contributed by atoms with Crippen LogP contribution in [0.15, 0.2) is 29.2 Å². The Morgan fingerprint density at radius 2 is 2.00 bits per heavy atom. The van der Waals surface area contributed by atoms with E-state index in [2.05, 4.69) is 31.2 Å². The molecule has 0 heterocycles. The van der Waals surface area contributed by atoms with Gasteiger partial charge in [0.25, 0.3) is 0 Å². The van der Waals surface area contributed by atoms with Crippen LogP contribution in [0.5, 0.6) is 0 Å². The summed E-state index contributed by atoms with van der Waals surface area (Å²) in [6.07, 6.45) is 0.229. The van der Waals surface area contributed by atoms with Crippen LogP contribution < -0.4 is 5.73 Å².